The van der Waals surface area contributed by atoms with Crippen molar-refractivity contribution in [3.63, 3.8) is 0 Å². The summed E-state index contributed by atoms with van der Waals surface area (Å²) in [6, 6.07) is 5.84. The molecule has 2 N–H and O–H groups in total. The molecule has 0 aromatic heterocycles. The second-order valence-corrected chi connectivity index (χ2v) is 5.01. The van der Waals surface area contributed by atoms with E-state index < -0.39 is 0 Å². The molecule has 0 radical (unpaired) electrons. The van der Waals surface area contributed by atoms with Gasteiger partial charge in [0.15, 0.2) is 11.5 Å². The number of Topliss-reactive ketones (excluding diaryl/α,β-unsaturated/α-hetero) is 1. The van der Waals surface area contributed by atoms with Gasteiger partial charge in [0, 0.05) is 18.9 Å². The highest BCUT2D eigenvalue weighted by Crippen LogP contribution is 2.37. The zero-order valence-corrected chi connectivity index (χ0v) is 10.2. The molecule has 1 aliphatic heterocycles. The Labute approximate surface area is 106 Å². The molecule has 0 amide bonds. The van der Waals surface area contributed by atoms with Gasteiger partial charge in [-0.05, 0) is 36.5 Å². The van der Waals surface area contributed by atoms with Crippen molar-refractivity contribution in [2.75, 3.05) is 6.79 Å². The van der Waals surface area contributed by atoms with Crippen molar-refractivity contribution in [2.24, 2.45) is 11.7 Å². The van der Waals surface area contributed by atoms with Crippen LogP contribution in [0.1, 0.15) is 37.3 Å². The van der Waals surface area contributed by atoms with Crippen LogP contribution in [-0.4, -0.2) is 12.6 Å². The van der Waals surface area contributed by atoms with E-state index in [1.54, 1.807) is 0 Å². The topological polar surface area (TPSA) is 61.6 Å². The molecule has 0 bridgehead atoms. The molecule has 1 heterocycles. The van der Waals surface area contributed by atoms with Gasteiger partial charge in [0.05, 0.1) is 0 Å². The summed E-state index contributed by atoms with van der Waals surface area (Å²) in [4.78, 5) is 11.2. The summed E-state index contributed by atoms with van der Waals surface area (Å²) < 4.78 is 10.6. The summed E-state index contributed by atoms with van der Waals surface area (Å²) in [5.74, 6) is 2.31. The number of hydrogen-bond donors (Lipinski definition) is 1. The Morgan fingerprint density at radius 2 is 1.89 bits per heavy atom. The van der Waals surface area contributed by atoms with E-state index in [0.717, 1.165) is 29.9 Å². The Hall–Kier alpha value is -1.55. The van der Waals surface area contributed by atoms with Crippen LogP contribution in [0, 0.1) is 5.92 Å². The Bertz CT molecular complexity index is 462. The quantitative estimate of drug-likeness (QED) is 0.870. The summed E-state index contributed by atoms with van der Waals surface area (Å²) in [6.07, 6.45) is 3.13. The van der Waals surface area contributed by atoms with Gasteiger partial charge < -0.3 is 15.2 Å². The fourth-order valence-corrected chi connectivity index (χ4v) is 2.71. The van der Waals surface area contributed by atoms with E-state index in [-0.39, 0.29) is 12.8 Å². The van der Waals surface area contributed by atoms with Crippen LogP contribution < -0.4 is 15.2 Å². The lowest BCUT2D eigenvalue weighted by molar-refractivity contribution is -0.121. The van der Waals surface area contributed by atoms with Gasteiger partial charge in [-0.15, -0.1) is 0 Å². The zero-order valence-electron chi connectivity index (χ0n) is 10.2. The van der Waals surface area contributed by atoms with Crippen molar-refractivity contribution in [3.05, 3.63) is 23.8 Å². The minimum absolute atomic E-state index is 0.0207. The molecule has 1 fully saturated rings. The smallest absolute Gasteiger partial charge is 0.231 e. The summed E-state index contributed by atoms with van der Waals surface area (Å²) >= 11 is 0. The lowest BCUT2D eigenvalue weighted by Gasteiger charge is -2.27. The molecule has 3 rings (SSSR count). The van der Waals surface area contributed by atoms with Crippen LogP contribution in [0.3, 0.4) is 0 Å². The second kappa shape index (κ2) is 4.61. The lowest BCUT2D eigenvalue weighted by atomic mass is 9.81. The first-order valence-electron chi connectivity index (χ1n) is 6.41. The number of ether oxygens (including phenoxy) is 2. The van der Waals surface area contributed by atoms with E-state index >= 15 is 0 Å². The summed E-state index contributed by atoms with van der Waals surface area (Å²) in [6.45, 7) is 0.284. The molecule has 1 atom stereocenters. The summed E-state index contributed by atoms with van der Waals surface area (Å²) in [5.41, 5.74) is 7.37. The van der Waals surface area contributed by atoms with Crippen molar-refractivity contribution < 1.29 is 14.3 Å². The fraction of sp³-hybridized carbons (Fsp3) is 0.500. The Balaban J connectivity index is 1.75. The monoisotopic (exact) mass is 247 g/mol. The highest BCUT2D eigenvalue weighted by molar-refractivity contribution is 5.79. The Morgan fingerprint density at radius 3 is 2.67 bits per heavy atom. The van der Waals surface area contributed by atoms with Crippen LogP contribution in [-0.2, 0) is 4.79 Å². The maximum atomic E-state index is 11.2. The molecule has 0 spiro atoms. The lowest BCUT2D eigenvalue weighted by Crippen LogP contribution is -2.26. The summed E-state index contributed by atoms with van der Waals surface area (Å²) in [7, 11) is 0. The third-order valence-electron chi connectivity index (χ3n) is 3.88. The number of ketones is 1. The number of fused-ring (bicyclic) bond motifs is 1. The molecule has 0 saturated heterocycles. The Kier molecular flexibility index (Phi) is 2.96. The normalized spacial score (nSPS) is 21.1. The first kappa shape index (κ1) is 11.5. The van der Waals surface area contributed by atoms with Gasteiger partial charge in [0.2, 0.25) is 6.79 Å². The highest BCUT2D eigenvalue weighted by Gasteiger charge is 2.26. The van der Waals surface area contributed by atoms with Crippen molar-refractivity contribution in [3.8, 4) is 11.5 Å². The molecule has 1 saturated carbocycles. The van der Waals surface area contributed by atoms with Gasteiger partial charge in [-0.25, -0.2) is 0 Å². The predicted molar refractivity (Wildman–Crippen MR) is 66.5 cm³/mol. The average molecular weight is 247 g/mol. The average Bonchev–Trinajstić information content (AvgIpc) is 2.86. The number of hydrogen-bond acceptors (Lipinski definition) is 4. The minimum Gasteiger partial charge on any atom is -0.454 e. The third kappa shape index (κ3) is 2.08. The van der Waals surface area contributed by atoms with E-state index in [4.69, 9.17) is 15.2 Å². The van der Waals surface area contributed by atoms with E-state index in [1.165, 1.54) is 0 Å². The highest BCUT2D eigenvalue weighted by atomic mass is 16.7. The molecule has 1 aliphatic carbocycles. The maximum Gasteiger partial charge on any atom is 0.231 e. The van der Waals surface area contributed by atoms with Gasteiger partial charge in [-0.2, -0.15) is 0 Å². The fourth-order valence-electron chi connectivity index (χ4n) is 2.71. The van der Waals surface area contributed by atoms with E-state index in [9.17, 15) is 4.79 Å². The molecule has 1 unspecified atom stereocenters. The van der Waals surface area contributed by atoms with Gasteiger partial charge in [0.25, 0.3) is 0 Å². The first-order chi connectivity index (χ1) is 8.74. The van der Waals surface area contributed by atoms with E-state index in [0.29, 0.717) is 24.5 Å². The minimum atomic E-state index is -0.0207. The number of carbonyl (C=O) groups is 1. The van der Waals surface area contributed by atoms with Crippen molar-refractivity contribution in [1.29, 1.82) is 0 Å². The van der Waals surface area contributed by atoms with Crippen molar-refractivity contribution in [2.45, 2.75) is 31.7 Å². The molecular weight excluding hydrogens is 230 g/mol. The van der Waals surface area contributed by atoms with Crippen LogP contribution in [0.15, 0.2) is 18.2 Å². The van der Waals surface area contributed by atoms with E-state index in [1.807, 2.05) is 18.2 Å². The first-order valence-corrected chi connectivity index (χ1v) is 6.41. The number of nitrogens with two attached hydrogens (primary N) is 1. The van der Waals surface area contributed by atoms with Crippen molar-refractivity contribution in [1.82, 2.24) is 0 Å². The van der Waals surface area contributed by atoms with Crippen molar-refractivity contribution >= 4 is 5.78 Å². The van der Waals surface area contributed by atoms with E-state index in [2.05, 4.69) is 0 Å². The molecule has 96 valence electrons. The zero-order chi connectivity index (χ0) is 12.5. The van der Waals surface area contributed by atoms with Crippen LogP contribution in [0.4, 0.5) is 0 Å². The maximum absolute atomic E-state index is 11.2. The molecule has 4 heteroatoms. The predicted octanol–water partition coefficient (Wildman–Crippen LogP) is 2.17. The van der Waals surface area contributed by atoms with Crippen LogP contribution >= 0.6 is 0 Å². The molecule has 1 aromatic carbocycles. The second-order valence-electron chi connectivity index (χ2n) is 5.01. The molecule has 1 aromatic rings. The van der Waals surface area contributed by atoms with Crippen LogP contribution in [0.5, 0.6) is 11.5 Å². The molecular formula is C14H17NO3. The van der Waals surface area contributed by atoms with Crippen LogP contribution in [0.25, 0.3) is 0 Å². The SMILES string of the molecule is NC(c1ccc2c(c1)OCO2)C1CCC(=O)CC1. The third-order valence-corrected chi connectivity index (χ3v) is 3.88. The molecule has 18 heavy (non-hydrogen) atoms. The van der Waals surface area contributed by atoms with Gasteiger partial charge >= 0.3 is 0 Å². The number of carbonyl (C=O) groups excluding carboxylic acids is 1. The Morgan fingerprint density at radius 1 is 1.17 bits per heavy atom. The molecule has 2 aliphatic rings. The van der Waals surface area contributed by atoms with Gasteiger partial charge in [0.1, 0.15) is 5.78 Å². The van der Waals surface area contributed by atoms with Gasteiger partial charge in [-0.1, -0.05) is 6.07 Å². The summed E-state index contributed by atoms with van der Waals surface area (Å²) in [5, 5.41) is 0. The number of benzene rings is 1. The standard InChI is InChI=1S/C14H17NO3/c15-14(9-1-4-11(16)5-2-9)10-3-6-12-13(7-10)18-8-17-12/h3,6-7,9,14H,1-2,4-5,8,15H2. The molecule has 4 nitrogen and oxygen atoms in total. The van der Waals surface area contributed by atoms with Gasteiger partial charge in [-0.3, -0.25) is 4.79 Å². The largest absolute Gasteiger partial charge is 0.454 e. The number of rotatable bonds is 2. The van der Waals surface area contributed by atoms with Crippen LogP contribution in [0.2, 0.25) is 0 Å².